The van der Waals surface area contributed by atoms with Crippen LogP contribution in [0, 0.1) is 0 Å². The first-order chi connectivity index (χ1) is 8.38. The minimum atomic E-state index is 0.480. The highest BCUT2D eigenvalue weighted by Crippen LogP contribution is 2.16. The molecule has 0 aliphatic heterocycles. The fourth-order valence-electron chi connectivity index (χ4n) is 1.30. The average Bonchev–Trinajstić information content (AvgIpc) is 2.38. The first-order valence-electron chi connectivity index (χ1n) is 5.48. The summed E-state index contributed by atoms with van der Waals surface area (Å²) in [5.41, 5.74) is 0.855. The molecular weight excluding hydrogens is 216 g/mol. The van der Waals surface area contributed by atoms with E-state index < -0.39 is 0 Å². The van der Waals surface area contributed by atoms with E-state index in [9.17, 15) is 0 Å². The van der Waals surface area contributed by atoms with Crippen LogP contribution in [0.3, 0.4) is 0 Å². The predicted octanol–water partition coefficient (Wildman–Crippen LogP) is 1.77. The normalized spacial score (nSPS) is 10.2. The fourth-order valence-corrected chi connectivity index (χ4v) is 1.30. The number of pyridine rings is 1. The summed E-state index contributed by atoms with van der Waals surface area (Å²) >= 11 is 0. The largest absolute Gasteiger partial charge is 0.436 e. The second-order valence-electron chi connectivity index (χ2n) is 3.42. The van der Waals surface area contributed by atoms with Gasteiger partial charge in [0.25, 0.3) is 0 Å². The van der Waals surface area contributed by atoms with Crippen LogP contribution in [0.25, 0.3) is 0 Å². The van der Waals surface area contributed by atoms with E-state index in [-0.39, 0.29) is 0 Å². The van der Waals surface area contributed by atoms with Crippen LogP contribution in [0.4, 0.5) is 0 Å². The first kappa shape index (κ1) is 11.5. The highest BCUT2D eigenvalue weighted by Gasteiger charge is 2.01. The molecule has 0 spiro atoms. The molecule has 5 nitrogen and oxygen atoms in total. The van der Waals surface area contributed by atoms with Gasteiger partial charge in [-0.1, -0.05) is 6.92 Å². The first-order valence-corrected chi connectivity index (χ1v) is 5.48. The molecule has 0 atom stereocenters. The molecule has 0 bridgehead atoms. The van der Waals surface area contributed by atoms with Crippen LogP contribution >= 0.6 is 0 Å². The molecule has 2 aromatic heterocycles. The number of hydrogen-bond acceptors (Lipinski definition) is 5. The third-order valence-electron chi connectivity index (χ3n) is 2.08. The molecule has 1 N–H and O–H groups in total. The van der Waals surface area contributed by atoms with Crippen molar-refractivity contribution in [1.29, 1.82) is 0 Å². The summed E-state index contributed by atoms with van der Waals surface area (Å²) in [6, 6.07) is 3.64. The highest BCUT2D eigenvalue weighted by atomic mass is 16.5. The zero-order chi connectivity index (χ0) is 11.9. The molecule has 2 rings (SSSR count). The summed E-state index contributed by atoms with van der Waals surface area (Å²) in [6.45, 7) is 3.63. The Kier molecular flexibility index (Phi) is 3.99. The Labute approximate surface area is 99.9 Å². The van der Waals surface area contributed by atoms with Crippen LogP contribution in [0.2, 0.25) is 0 Å². The van der Waals surface area contributed by atoms with Gasteiger partial charge in [0.15, 0.2) is 0 Å². The molecular formula is C12H14N4O. The van der Waals surface area contributed by atoms with Gasteiger partial charge in [-0.05, 0) is 18.7 Å². The number of rotatable bonds is 5. The summed E-state index contributed by atoms with van der Waals surface area (Å²) in [6.07, 6.45) is 6.64. The molecule has 0 aliphatic rings. The van der Waals surface area contributed by atoms with E-state index in [4.69, 9.17) is 4.74 Å². The maximum absolute atomic E-state index is 5.54. The maximum atomic E-state index is 5.54. The lowest BCUT2D eigenvalue weighted by Gasteiger charge is -2.05. The lowest BCUT2D eigenvalue weighted by atomic mass is 10.4. The van der Waals surface area contributed by atoms with Crippen LogP contribution in [0.15, 0.2) is 36.9 Å². The van der Waals surface area contributed by atoms with Crippen molar-refractivity contribution in [1.82, 2.24) is 20.3 Å². The second kappa shape index (κ2) is 5.91. The van der Waals surface area contributed by atoms with E-state index in [1.54, 1.807) is 24.8 Å². The van der Waals surface area contributed by atoms with E-state index in [1.807, 2.05) is 19.1 Å². The number of nitrogens with one attached hydrogen (secondary N) is 1. The van der Waals surface area contributed by atoms with Crippen LogP contribution < -0.4 is 10.1 Å². The molecule has 2 aromatic rings. The third kappa shape index (κ3) is 3.49. The minimum Gasteiger partial charge on any atom is -0.436 e. The van der Waals surface area contributed by atoms with Gasteiger partial charge < -0.3 is 10.1 Å². The van der Waals surface area contributed by atoms with Gasteiger partial charge in [0.2, 0.25) is 5.88 Å². The van der Waals surface area contributed by atoms with Crippen molar-refractivity contribution in [3.8, 4) is 11.6 Å². The summed E-state index contributed by atoms with van der Waals surface area (Å²) in [7, 11) is 0. The molecule has 0 amide bonds. The van der Waals surface area contributed by atoms with Crippen molar-refractivity contribution in [3.63, 3.8) is 0 Å². The number of hydrogen-bond donors (Lipinski definition) is 1. The van der Waals surface area contributed by atoms with E-state index in [1.165, 1.54) is 0 Å². The predicted molar refractivity (Wildman–Crippen MR) is 63.7 cm³/mol. The van der Waals surface area contributed by atoms with Crippen molar-refractivity contribution in [3.05, 3.63) is 42.6 Å². The molecule has 88 valence electrons. The van der Waals surface area contributed by atoms with Gasteiger partial charge in [0, 0.05) is 18.9 Å². The van der Waals surface area contributed by atoms with E-state index in [2.05, 4.69) is 20.3 Å². The Morgan fingerprint density at radius 2 is 2.18 bits per heavy atom. The molecule has 0 radical (unpaired) electrons. The zero-order valence-corrected chi connectivity index (χ0v) is 9.63. The molecule has 0 unspecified atom stereocenters. The van der Waals surface area contributed by atoms with Gasteiger partial charge in [0.05, 0.1) is 18.1 Å². The third-order valence-corrected chi connectivity index (χ3v) is 2.08. The number of aromatic nitrogens is 3. The molecule has 0 saturated carbocycles. The summed E-state index contributed by atoms with van der Waals surface area (Å²) in [5.74, 6) is 1.14. The lowest BCUT2D eigenvalue weighted by molar-refractivity contribution is 0.454. The summed E-state index contributed by atoms with van der Waals surface area (Å²) in [5, 5.41) is 3.19. The van der Waals surface area contributed by atoms with Crippen LogP contribution in [0.1, 0.15) is 12.6 Å². The Bertz CT molecular complexity index is 461. The summed E-state index contributed by atoms with van der Waals surface area (Å²) < 4.78 is 5.54. The quantitative estimate of drug-likeness (QED) is 0.848. The Morgan fingerprint density at radius 3 is 2.94 bits per heavy atom. The standard InChI is InChI=1S/C12H14N4O/c1-2-13-6-10-7-15-9-12(16-10)17-11-4-3-5-14-8-11/h3-5,7-9,13H,2,6H2,1H3. The lowest BCUT2D eigenvalue weighted by Crippen LogP contribution is -2.13. The van der Waals surface area contributed by atoms with Crippen molar-refractivity contribution in [2.75, 3.05) is 6.54 Å². The second-order valence-corrected chi connectivity index (χ2v) is 3.42. The molecule has 0 aromatic carbocycles. The maximum Gasteiger partial charge on any atom is 0.238 e. The van der Waals surface area contributed by atoms with E-state index in [0.29, 0.717) is 18.2 Å². The zero-order valence-electron chi connectivity index (χ0n) is 9.63. The highest BCUT2D eigenvalue weighted by molar-refractivity contribution is 5.22. The van der Waals surface area contributed by atoms with Gasteiger partial charge >= 0.3 is 0 Å². The fraction of sp³-hybridized carbons (Fsp3) is 0.250. The van der Waals surface area contributed by atoms with Gasteiger partial charge in [-0.3, -0.25) is 9.97 Å². The van der Waals surface area contributed by atoms with Crippen molar-refractivity contribution in [2.24, 2.45) is 0 Å². The number of nitrogens with zero attached hydrogens (tertiary/aromatic N) is 3. The SMILES string of the molecule is CCNCc1cncc(Oc2cccnc2)n1. The monoisotopic (exact) mass is 230 g/mol. The molecule has 0 saturated heterocycles. The Balaban J connectivity index is 2.06. The van der Waals surface area contributed by atoms with Gasteiger partial charge in [0.1, 0.15) is 5.75 Å². The van der Waals surface area contributed by atoms with E-state index in [0.717, 1.165) is 12.2 Å². The van der Waals surface area contributed by atoms with Gasteiger partial charge in [-0.2, -0.15) is 0 Å². The van der Waals surface area contributed by atoms with Crippen molar-refractivity contribution >= 4 is 0 Å². The number of ether oxygens (including phenoxy) is 1. The van der Waals surface area contributed by atoms with Crippen LogP contribution in [-0.4, -0.2) is 21.5 Å². The smallest absolute Gasteiger partial charge is 0.238 e. The Hall–Kier alpha value is -2.01. The molecule has 0 fully saturated rings. The Morgan fingerprint density at radius 1 is 1.24 bits per heavy atom. The van der Waals surface area contributed by atoms with Crippen LogP contribution in [-0.2, 0) is 6.54 Å². The molecule has 5 heteroatoms. The van der Waals surface area contributed by atoms with Crippen molar-refractivity contribution in [2.45, 2.75) is 13.5 Å². The topological polar surface area (TPSA) is 59.9 Å². The van der Waals surface area contributed by atoms with E-state index >= 15 is 0 Å². The van der Waals surface area contributed by atoms with Gasteiger partial charge in [-0.15, -0.1) is 0 Å². The molecule has 17 heavy (non-hydrogen) atoms. The molecule has 0 aliphatic carbocycles. The minimum absolute atomic E-state index is 0.480. The average molecular weight is 230 g/mol. The summed E-state index contributed by atoms with van der Waals surface area (Å²) in [4.78, 5) is 12.4. The molecule has 2 heterocycles. The van der Waals surface area contributed by atoms with Crippen molar-refractivity contribution < 1.29 is 4.74 Å². The van der Waals surface area contributed by atoms with Gasteiger partial charge in [-0.25, -0.2) is 4.98 Å². The van der Waals surface area contributed by atoms with Crippen LogP contribution in [0.5, 0.6) is 11.6 Å².